The molecule has 5 aromatic rings. The normalized spacial score (nSPS) is 24.0. The molecule has 0 spiro atoms. The van der Waals surface area contributed by atoms with E-state index in [1.165, 1.54) is 23.1 Å². The van der Waals surface area contributed by atoms with Crippen LogP contribution in [0.15, 0.2) is 108 Å². The van der Waals surface area contributed by atoms with E-state index in [4.69, 9.17) is 14.7 Å². The Morgan fingerprint density at radius 2 is 1.69 bits per heavy atom. The van der Waals surface area contributed by atoms with Crippen LogP contribution in [-0.4, -0.2) is 32.8 Å². The van der Waals surface area contributed by atoms with Crippen molar-refractivity contribution in [3.8, 4) is 16.8 Å². The first-order chi connectivity index (χ1) is 24.3. The Labute approximate surface area is 315 Å². The van der Waals surface area contributed by atoms with Crippen molar-refractivity contribution in [2.45, 2.75) is 83.0 Å². The second-order valence-electron chi connectivity index (χ2n) is 15.5. The number of nitrogens with zero attached hydrogens (tertiary/aromatic N) is 3. The van der Waals surface area contributed by atoms with Crippen LogP contribution in [0.1, 0.15) is 87.0 Å². The quantitative estimate of drug-likeness (QED) is 0.142. The summed E-state index contributed by atoms with van der Waals surface area (Å²) in [6, 6.07) is 33.7. The van der Waals surface area contributed by atoms with E-state index in [0.29, 0.717) is 11.8 Å². The standard InChI is InChI=1S/C45H44N3O2.Pt/c1-45(2,3)32-22-24-33(25-23-32)48-38-21-11-18-34(40(38)46-43(48)37-20-10-19-36(42(37)49)28-12-5-4-6-13-28)29-15-9-16-31(26-29)44-47-41-35-17-8-7-14-30(35)27-39(41)50-44;/h5,7-9,11-12,14-18,20-25,28,36,39,41-42,49H,4,6,10,13,19,27H2,1-3H3;/q-1;/t28-,36+,39+,41-,42-;/m1./s1. The second-order valence-corrected chi connectivity index (χ2v) is 15.5. The summed E-state index contributed by atoms with van der Waals surface area (Å²) in [4.78, 5) is 10.5. The molecule has 262 valence electrons. The van der Waals surface area contributed by atoms with Crippen molar-refractivity contribution in [2.75, 3.05) is 0 Å². The molecule has 0 unspecified atom stereocenters. The predicted molar refractivity (Wildman–Crippen MR) is 202 cm³/mol. The first-order valence-electron chi connectivity index (χ1n) is 18.4. The van der Waals surface area contributed by atoms with Crippen LogP contribution in [0, 0.1) is 17.9 Å². The Hall–Kier alpha value is -4.05. The van der Waals surface area contributed by atoms with Crippen LogP contribution in [-0.2, 0) is 37.6 Å². The number of aromatic nitrogens is 2. The third-order valence-electron chi connectivity index (χ3n) is 11.3. The van der Waals surface area contributed by atoms with Crippen molar-refractivity contribution in [1.82, 2.24) is 9.55 Å². The minimum atomic E-state index is -0.582. The molecule has 51 heavy (non-hydrogen) atoms. The molecule has 3 aliphatic carbocycles. The Kier molecular flexibility index (Phi) is 9.01. The molecule has 0 fully saturated rings. The van der Waals surface area contributed by atoms with Gasteiger partial charge in [0.15, 0.2) is 0 Å². The summed E-state index contributed by atoms with van der Waals surface area (Å²) in [5.74, 6) is 2.06. The largest absolute Gasteiger partial charge is 0.505 e. The van der Waals surface area contributed by atoms with Gasteiger partial charge >= 0.3 is 0 Å². The van der Waals surface area contributed by atoms with Crippen molar-refractivity contribution in [3.05, 3.63) is 137 Å². The first-order valence-corrected chi connectivity index (χ1v) is 18.4. The number of aliphatic hydroxyl groups is 1. The van der Waals surface area contributed by atoms with Gasteiger partial charge in [0.05, 0.1) is 17.1 Å². The Morgan fingerprint density at radius 3 is 2.49 bits per heavy atom. The average molecular weight is 854 g/mol. The number of aliphatic imine (C=N–C) groups is 1. The van der Waals surface area contributed by atoms with Gasteiger partial charge in [-0.15, -0.1) is 29.8 Å². The van der Waals surface area contributed by atoms with E-state index >= 15 is 0 Å². The van der Waals surface area contributed by atoms with Crippen LogP contribution in [0.2, 0.25) is 0 Å². The number of rotatable bonds is 5. The predicted octanol–water partition coefficient (Wildman–Crippen LogP) is 9.74. The third kappa shape index (κ3) is 6.07. The van der Waals surface area contributed by atoms with Crippen LogP contribution in [0.25, 0.3) is 33.4 Å². The summed E-state index contributed by atoms with van der Waals surface area (Å²) < 4.78 is 8.71. The SMILES string of the molecule is CC(C)(C)c1ccc(-n2c(C3=CCC[C@@H]([C@@H]4C=CCCC4)[C@H]3O)nc3c(-c4[c-]c(C5=N[C@@H]6c7ccccc7C[C@@H]6O5)ccc4)cccc32)cc1.[Pt]. The van der Waals surface area contributed by atoms with Crippen LogP contribution in [0.3, 0.4) is 0 Å². The van der Waals surface area contributed by atoms with Gasteiger partial charge in [0.25, 0.3) is 0 Å². The molecule has 4 aromatic carbocycles. The van der Waals surface area contributed by atoms with Gasteiger partial charge in [0.1, 0.15) is 23.9 Å². The van der Waals surface area contributed by atoms with E-state index in [2.05, 4.69) is 128 Å². The summed E-state index contributed by atoms with van der Waals surface area (Å²) in [5.41, 5.74) is 10.6. The molecule has 0 radical (unpaired) electrons. The summed E-state index contributed by atoms with van der Waals surface area (Å²) in [6.45, 7) is 6.73. The number of fused-ring (bicyclic) bond motifs is 4. The number of aliphatic hydroxyl groups excluding tert-OH is 1. The molecule has 0 saturated heterocycles. The second kappa shape index (κ2) is 13.5. The molecule has 9 rings (SSSR count). The summed E-state index contributed by atoms with van der Waals surface area (Å²) in [7, 11) is 0. The van der Waals surface area contributed by atoms with E-state index < -0.39 is 6.10 Å². The van der Waals surface area contributed by atoms with E-state index in [-0.39, 0.29) is 44.5 Å². The molecule has 0 amide bonds. The number of hydrogen-bond donors (Lipinski definition) is 1. The number of benzene rings is 4. The minimum Gasteiger partial charge on any atom is -0.505 e. The molecular weight excluding hydrogens is 810 g/mol. The summed E-state index contributed by atoms with van der Waals surface area (Å²) in [6.07, 6.45) is 12.6. The number of ether oxygens (including phenoxy) is 1. The van der Waals surface area contributed by atoms with E-state index in [1.54, 1.807) is 0 Å². The molecule has 1 aliphatic heterocycles. The molecule has 1 aromatic heterocycles. The molecule has 4 aliphatic rings. The minimum absolute atomic E-state index is 0. The fourth-order valence-electron chi connectivity index (χ4n) is 8.67. The molecule has 0 bridgehead atoms. The fraction of sp³-hybridized carbons (Fsp3) is 0.333. The van der Waals surface area contributed by atoms with Gasteiger partial charge in [-0.1, -0.05) is 98.7 Å². The van der Waals surface area contributed by atoms with Gasteiger partial charge in [-0.2, -0.15) is 0 Å². The Balaban J connectivity index is 0.00000374. The van der Waals surface area contributed by atoms with Crippen molar-refractivity contribution >= 4 is 22.5 Å². The van der Waals surface area contributed by atoms with Crippen LogP contribution >= 0.6 is 0 Å². The number of allylic oxidation sites excluding steroid dienone is 3. The summed E-state index contributed by atoms with van der Waals surface area (Å²) >= 11 is 0. The molecule has 5 nitrogen and oxygen atoms in total. The van der Waals surface area contributed by atoms with Crippen molar-refractivity contribution in [1.29, 1.82) is 0 Å². The average Bonchev–Trinajstić information content (AvgIpc) is 3.83. The number of imidazole rings is 1. The van der Waals surface area contributed by atoms with E-state index in [9.17, 15) is 5.11 Å². The number of hydrogen-bond acceptors (Lipinski definition) is 4. The van der Waals surface area contributed by atoms with Gasteiger partial charge in [-0.25, -0.2) is 4.98 Å². The van der Waals surface area contributed by atoms with Gasteiger partial charge in [-0.3, -0.25) is 9.56 Å². The third-order valence-corrected chi connectivity index (χ3v) is 11.3. The zero-order chi connectivity index (χ0) is 34.0. The zero-order valence-electron chi connectivity index (χ0n) is 29.5. The molecular formula is C45H44N3O2Pt-. The summed E-state index contributed by atoms with van der Waals surface area (Å²) in [5, 5.41) is 12.1. The Morgan fingerprint density at radius 1 is 0.882 bits per heavy atom. The maximum atomic E-state index is 12.1. The maximum Gasteiger partial charge on any atom is 0.148 e. The first kappa shape index (κ1) is 34.1. The van der Waals surface area contributed by atoms with Crippen molar-refractivity contribution in [2.24, 2.45) is 16.8 Å². The fourth-order valence-corrected chi connectivity index (χ4v) is 8.67. The molecule has 6 heteroatoms. The van der Waals surface area contributed by atoms with Crippen LogP contribution in [0.4, 0.5) is 0 Å². The van der Waals surface area contributed by atoms with Gasteiger partial charge in [0, 0.05) is 38.7 Å². The zero-order valence-corrected chi connectivity index (χ0v) is 31.7. The van der Waals surface area contributed by atoms with E-state index in [1.807, 2.05) is 6.07 Å². The molecule has 5 atom stereocenters. The van der Waals surface area contributed by atoms with Crippen molar-refractivity contribution in [3.63, 3.8) is 0 Å². The molecule has 0 saturated carbocycles. The molecule has 2 heterocycles. The maximum absolute atomic E-state index is 12.1. The molecule has 1 N–H and O–H groups in total. The van der Waals surface area contributed by atoms with Crippen LogP contribution in [0.5, 0.6) is 0 Å². The topological polar surface area (TPSA) is 59.6 Å². The van der Waals surface area contributed by atoms with Gasteiger partial charge in [-0.05, 0) is 84.2 Å². The Bertz CT molecular complexity index is 2190. The van der Waals surface area contributed by atoms with Gasteiger partial charge in [0.2, 0.25) is 0 Å². The number of para-hydroxylation sites is 1. The smallest absolute Gasteiger partial charge is 0.148 e. The van der Waals surface area contributed by atoms with Gasteiger partial charge < -0.3 is 9.84 Å². The van der Waals surface area contributed by atoms with Crippen LogP contribution < -0.4 is 0 Å². The van der Waals surface area contributed by atoms with E-state index in [0.717, 1.165) is 76.9 Å². The van der Waals surface area contributed by atoms with Crippen molar-refractivity contribution < 1.29 is 30.9 Å². The monoisotopic (exact) mass is 853 g/mol.